The molecule has 9 heteroatoms. The number of carbonyl (C=O) groups is 3. The Morgan fingerprint density at radius 3 is 2.56 bits per heavy atom. The molecule has 0 aliphatic carbocycles. The molecule has 4 rings (SSSR count). The van der Waals surface area contributed by atoms with Crippen LogP contribution in [-0.2, 0) is 4.79 Å². The van der Waals surface area contributed by atoms with E-state index < -0.39 is 0 Å². The van der Waals surface area contributed by atoms with Crippen molar-refractivity contribution in [2.45, 2.75) is 13.3 Å². The maximum Gasteiger partial charge on any atom is 0.261 e. The molecule has 164 valence electrons. The van der Waals surface area contributed by atoms with E-state index in [4.69, 9.17) is 9.47 Å². The molecule has 32 heavy (non-hydrogen) atoms. The van der Waals surface area contributed by atoms with E-state index in [1.807, 2.05) is 13.0 Å². The number of amides is 3. The summed E-state index contributed by atoms with van der Waals surface area (Å²) in [5.41, 5.74) is 3.03. The van der Waals surface area contributed by atoms with Gasteiger partial charge in [-0.2, -0.15) is 0 Å². The normalized spacial score (nSPS) is 12.7. The molecular formula is C23H21N3O5S. The number of hydrogen-bond acceptors (Lipinski definition) is 7. The Labute approximate surface area is 188 Å². The van der Waals surface area contributed by atoms with E-state index in [-0.39, 0.29) is 30.7 Å². The first kappa shape index (κ1) is 21.5. The predicted octanol–water partition coefficient (Wildman–Crippen LogP) is 3.76. The molecule has 0 radical (unpaired) electrons. The van der Waals surface area contributed by atoms with Crippen molar-refractivity contribution in [3.05, 3.63) is 58.5 Å². The highest BCUT2D eigenvalue weighted by Gasteiger charge is 2.35. The highest BCUT2D eigenvalue weighted by molar-refractivity contribution is 7.14. The number of anilines is 1. The zero-order valence-electron chi connectivity index (χ0n) is 17.8. The van der Waals surface area contributed by atoms with Crippen LogP contribution in [-0.4, -0.2) is 48.4 Å². The number of hydrogen-bond donors (Lipinski definition) is 1. The van der Waals surface area contributed by atoms with Crippen LogP contribution in [0.4, 0.5) is 5.13 Å². The van der Waals surface area contributed by atoms with Crippen LogP contribution in [0.15, 0.2) is 41.8 Å². The monoisotopic (exact) mass is 451 g/mol. The van der Waals surface area contributed by atoms with Crippen LogP contribution in [0.25, 0.3) is 11.3 Å². The highest BCUT2D eigenvalue weighted by atomic mass is 32.1. The topological polar surface area (TPSA) is 97.8 Å². The summed E-state index contributed by atoms with van der Waals surface area (Å²) in [5.74, 6) is 0.212. The molecule has 3 aromatic rings. The summed E-state index contributed by atoms with van der Waals surface area (Å²) >= 11 is 1.27. The quantitative estimate of drug-likeness (QED) is 0.550. The number of nitrogens with one attached hydrogen (secondary N) is 1. The lowest BCUT2D eigenvalue weighted by atomic mass is 10.1. The van der Waals surface area contributed by atoms with Crippen LogP contribution in [0.1, 0.15) is 32.7 Å². The van der Waals surface area contributed by atoms with Gasteiger partial charge in [0.15, 0.2) is 5.13 Å². The van der Waals surface area contributed by atoms with Crippen molar-refractivity contribution in [3.8, 4) is 22.8 Å². The lowest BCUT2D eigenvalue weighted by molar-refractivity contribution is -0.116. The first-order valence-corrected chi connectivity index (χ1v) is 10.7. The number of imide groups is 1. The SMILES string of the molecule is COc1ccc(OC)c(-c2csc(NC(=O)CCN3C(=O)c4ccc(C)cc4C3=O)n2)c1. The third kappa shape index (κ3) is 4.06. The van der Waals surface area contributed by atoms with Gasteiger partial charge in [0.05, 0.1) is 31.0 Å². The van der Waals surface area contributed by atoms with Gasteiger partial charge in [-0.25, -0.2) is 4.98 Å². The van der Waals surface area contributed by atoms with Crippen LogP contribution < -0.4 is 14.8 Å². The number of fused-ring (bicyclic) bond motifs is 1. The van der Waals surface area contributed by atoms with E-state index in [1.54, 1.807) is 49.9 Å². The van der Waals surface area contributed by atoms with Crippen LogP contribution in [0.5, 0.6) is 11.5 Å². The van der Waals surface area contributed by atoms with Gasteiger partial charge in [0.25, 0.3) is 11.8 Å². The molecule has 8 nitrogen and oxygen atoms in total. The molecule has 0 saturated heterocycles. The first-order valence-electron chi connectivity index (χ1n) is 9.86. The van der Waals surface area contributed by atoms with Crippen molar-refractivity contribution in [2.24, 2.45) is 0 Å². The van der Waals surface area contributed by atoms with E-state index in [2.05, 4.69) is 10.3 Å². The van der Waals surface area contributed by atoms with E-state index in [9.17, 15) is 14.4 Å². The number of benzene rings is 2. The number of aryl methyl sites for hydroxylation is 1. The maximum absolute atomic E-state index is 12.5. The largest absolute Gasteiger partial charge is 0.497 e. The van der Waals surface area contributed by atoms with Gasteiger partial charge in [-0.15, -0.1) is 11.3 Å². The average Bonchev–Trinajstić information content (AvgIpc) is 3.34. The van der Waals surface area contributed by atoms with Crippen LogP contribution in [0.2, 0.25) is 0 Å². The smallest absolute Gasteiger partial charge is 0.261 e. The molecule has 0 unspecified atom stereocenters. The third-order valence-corrected chi connectivity index (χ3v) is 5.88. The maximum atomic E-state index is 12.5. The van der Waals surface area contributed by atoms with E-state index in [0.717, 1.165) is 16.0 Å². The molecule has 1 aliphatic rings. The summed E-state index contributed by atoms with van der Waals surface area (Å²) in [7, 11) is 3.15. The molecule has 0 spiro atoms. The fourth-order valence-electron chi connectivity index (χ4n) is 3.47. The summed E-state index contributed by atoms with van der Waals surface area (Å²) in [4.78, 5) is 43.1. The molecule has 0 atom stereocenters. The Hall–Kier alpha value is -3.72. The van der Waals surface area contributed by atoms with Crippen molar-refractivity contribution in [1.29, 1.82) is 0 Å². The number of aromatic nitrogens is 1. The number of ether oxygens (including phenoxy) is 2. The molecular weight excluding hydrogens is 430 g/mol. The summed E-state index contributed by atoms with van der Waals surface area (Å²) in [6.45, 7) is 1.86. The minimum Gasteiger partial charge on any atom is -0.497 e. The fourth-order valence-corrected chi connectivity index (χ4v) is 4.20. The minimum atomic E-state index is -0.376. The Morgan fingerprint density at radius 1 is 1.03 bits per heavy atom. The van der Waals surface area contributed by atoms with Gasteiger partial charge in [-0.05, 0) is 37.3 Å². The second-order valence-corrected chi connectivity index (χ2v) is 8.07. The number of nitrogens with zero attached hydrogens (tertiary/aromatic N) is 2. The molecule has 0 bridgehead atoms. The summed E-state index contributed by atoms with van der Waals surface area (Å²) in [5, 5.41) is 4.94. The predicted molar refractivity (Wildman–Crippen MR) is 120 cm³/mol. The fraction of sp³-hybridized carbons (Fsp3) is 0.217. The Balaban J connectivity index is 1.41. The first-order chi connectivity index (χ1) is 15.4. The van der Waals surface area contributed by atoms with Crippen LogP contribution in [0.3, 0.4) is 0 Å². The van der Waals surface area contributed by atoms with E-state index in [0.29, 0.717) is 33.5 Å². The van der Waals surface area contributed by atoms with Gasteiger partial charge in [0.2, 0.25) is 5.91 Å². The molecule has 1 N–H and O–H groups in total. The second-order valence-electron chi connectivity index (χ2n) is 7.21. The van der Waals surface area contributed by atoms with Crippen molar-refractivity contribution in [3.63, 3.8) is 0 Å². The zero-order valence-corrected chi connectivity index (χ0v) is 18.6. The minimum absolute atomic E-state index is 0.000826. The molecule has 0 fully saturated rings. The summed E-state index contributed by atoms with van der Waals surface area (Å²) in [6, 6.07) is 10.5. The Morgan fingerprint density at radius 2 is 1.81 bits per heavy atom. The third-order valence-electron chi connectivity index (χ3n) is 5.12. The van der Waals surface area contributed by atoms with Gasteiger partial charge in [-0.1, -0.05) is 11.6 Å². The lowest BCUT2D eigenvalue weighted by Crippen LogP contribution is -2.32. The van der Waals surface area contributed by atoms with Crippen molar-refractivity contribution in [1.82, 2.24) is 9.88 Å². The van der Waals surface area contributed by atoms with Crippen molar-refractivity contribution in [2.75, 3.05) is 26.1 Å². The summed E-state index contributed by atoms with van der Waals surface area (Å²) in [6.07, 6.45) is -0.0259. The second kappa shape index (κ2) is 8.80. The molecule has 1 aromatic heterocycles. The summed E-state index contributed by atoms with van der Waals surface area (Å²) < 4.78 is 10.7. The van der Waals surface area contributed by atoms with E-state index in [1.165, 1.54) is 11.3 Å². The molecule has 0 saturated carbocycles. The van der Waals surface area contributed by atoms with Gasteiger partial charge in [0.1, 0.15) is 11.5 Å². The van der Waals surface area contributed by atoms with Crippen molar-refractivity contribution >= 4 is 34.2 Å². The van der Waals surface area contributed by atoms with Gasteiger partial charge in [-0.3, -0.25) is 19.3 Å². The Bertz CT molecular complexity index is 1220. The molecule has 3 amide bonds. The Kier molecular flexibility index (Phi) is 5.91. The average molecular weight is 452 g/mol. The van der Waals surface area contributed by atoms with Gasteiger partial charge >= 0.3 is 0 Å². The zero-order chi connectivity index (χ0) is 22.8. The molecule has 2 heterocycles. The molecule has 1 aliphatic heterocycles. The number of carbonyl (C=O) groups excluding carboxylic acids is 3. The highest BCUT2D eigenvalue weighted by Crippen LogP contribution is 2.35. The number of rotatable bonds is 7. The van der Waals surface area contributed by atoms with Gasteiger partial charge in [0, 0.05) is 23.9 Å². The number of methoxy groups -OCH3 is 2. The lowest BCUT2D eigenvalue weighted by Gasteiger charge is -2.13. The van der Waals surface area contributed by atoms with Crippen LogP contribution >= 0.6 is 11.3 Å². The number of thiazole rings is 1. The standard InChI is InChI=1S/C23H21N3O5S/c1-13-4-6-15-16(10-13)22(29)26(21(15)28)9-8-20(27)25-23-24-18(12-32-23)17-11-14(30-2)5-7-19(17)31-3/h4-7,10-12H,8-9H2,1-3H3,(H,24,25,27). The molecule has 2 aromatic carbocycles. The van der Waals surface area contributed by atoms with Crippen molar-refractivity contribution < 1.29 is 23.9 Å². The van der Waals surface area contributed by atoms with Gasteiger partial charge < -0.3 is 14.8 Å². The van der Waals surface area contributed by atoms with E-state index >= 15 is 0 Å². The van der Waals surface area contributed by atoms with Crippen LogP contribution in [0, 0.1) is 6.92 Å².